The van der Waals surface area contributed by atoms with Gasteiger partial charge in [-0.2, -0.15) is 13.2 Å². The van der Waals surface area contributed by atoms with E-state index in [-0.39, 0.29) is 23.7 Å². The number of alkyl halides is 3. The number of benzene rings is 2. The number of rotatable bonds is 3. The van der Waals surface area contributed by atoms with Crippen molar-refractivity contribution >= 4 is 11.6 Å². The summed E-state index contributed by atoms with van der Waals surface area (Å²) < 4.78 is 40.5. The highest BCUT2D eigenvalue weighted by atomic mass is 19.4. The predicted molar refractivity (Wildman–Crippen MR) is 85.9 cm³/mol. The highest BCUT2D eigenvalue weighted by molar-refractivity contribution is 6.10. The van der Waals surface area contributed by atoms with Crippen molar-refractivity contribution < 1.29 is 18.0 Å². The number of halogens is 3. The molecule has 126 valence electrons. The van der Waals surface area contributed by atoms with Crippen molar-refractivity contribution in [2.45, 2.75) is 25.7 Å². The molecule has 0 fully saturated rings. The zero-order chi connectivity index (χ0) is 17.5. The van der Waals surface area contributed by atoms with Crippen molar-refractivity contribution in [1.82, 2.24) is 5.32 Å². The van der Waals surface area contributed by atoms with E-state index in [1.165, 1.54) is 4.90 Å². The van der Waals surface area contributed by atoms with Gasteiger partial charge in [0.1, 0.15) is 0 Å². The zero-order valence-corrected chi connectivity index (χ0v) is 13.3. The lowest BCUT2D eigenvalue weighted by Gasteiger charge is -2.17. The van der Waals surface area contributed by atoms with Gasteiger partial charge in [0.05, 0.1) is 12.1 Å². The van der Waals surface area contributed by atoms with E-state index in [1.54, 1.807) is 50.4 Å². The van der Waals surface area contributed by atoms with Crippen LogP contribution in [0.4, 0.5) is 18.9 Å². The first kappa shape index (κ1) is 16.5. The molecule has 24 heavy (non-hydrogen) atoms. The minimum Gasteiger partial charge on any atom is -0.313 e. The number of para-hydroxylation sites is 1. The second-order valence-electron chi connectivity index (χ2n) is 5.83. The molecule has 1 heterocycles. The third-order valence-electron chi connectivity index (χ3n) is 4.37. The van der Waals surface area contributed by atoms with Crippen LogP contribution in [0.3, 0.4) is 0 Å². The second kappa shape index (κ2) is 5.94. The number of fused-ring (bicyclic) bond motifs is 1. The Bertz CT molecular complexity index is 772. The van der Waals surface area contributed by atoms with Crippen molar-refractivity contribution in [2.24, 2.45) is 0 Å². The number of hydrogen-bond acceptors (Lipinski definition) is 2. The van der Waals surface area contributed by atoms with Crippen LogP contribution >= 0.6 is 0 Å². The number of amides is 1. The highest BCUT2D eigenvalue weighted by Gasteiger charge is 2.40. The van der Waals surface area contributed by atoms with Crippen LogP contribution in [0.1, 0.15) is 40.0 Å². The van der Waals surface area contributed by atoms with Crippen LogP contribution in [0, 0.1) is 0 Å². The van der Waals surface area contributed by atoms with Crippen LogP contribution in [0.5, 0.6) is 0 Å². The Balaban J connectivity index is 2.13. The van der Waals surface area contributed by atoms with Crippen LogP contribution in [0.2, 0.25) is 0 Å². The Morgan fingerprint density at radius 1 is 1.17 bits per heavy atom. The van der Waals surface area contributed by atoms with Gasteiger partial charge in [-0.15, -0.1) is 0 Å². The Morgan fingerprint density at radius 3 is 2.42 bits per heavy atom. The van der Waals surface area contributed by atoms with Crippen LogP contribution in [-0.4, -0.2) is 13.0 Å². The summed E-state index contributed by atoms with van der Waals surface area (Å²) in [6, 6.07) is 11.2. The summed E-state index contributed by atoms with van der Waals surface area (Å²) in [5, 5.41) is 2.92. The normalized spacial score (nSPS) is 15.5. The van der Waals surface area contributed by atoms with E-state index in [1.807, 2.05) is 0 Å². The molecule has 0 saturated heterocycles. The molecule has 3 nitrogen and oxygen atoms in total. The molecule has 0 radical (unpaired) electrons. The maximum absolute atomic E-state index is 13.5. The first-order valence-electron chi connectivity index (χ1n) is 7.61. The van der Waals surface area contributed by atoms with Gasteiger partial charge < -0.3 is 10.2 Å². The van der Waals surface area contributed by atoms with Crippen molar-refractivity contribution in [1.29, 1.82) is 0 Å². The van der Waals surface area contributed by atoms with Crippen molar-refractivity contribution in [3.8, 4) is 0 Å². The van der Waals surface area contributed by atoms with E-state index in [9.17, 15) is 18.0 Å². The van der Waals surface area contributed by atoms with Gasteiger partial charge in [-0.1, -0.05) is 18.2 Å². The van der Waals surface area contributed by atoms with Gasteiger partial charge in [0.15, 0.2) is 0 Å². The lowest BCUT2D eigenvalue weighted by Crippen LogP contribution is -2.23. The summed E-state index contributed by atoms with van der Waals surface area (Å²) in [5.74, 6) is -0.396. The van der Waals surface area contributed by atoms with E-state index >= 15 is 0 Å². The lowest BCUT2D eigenvalue weighted by atomic mass is 9.96. The SMILES string of the molecule is CNC(C)c1cc2c(c(C(F)(F)F)c1)CN(c1ccccc1)C2=O. The molecule has 1 aliphatic heterocycles. The molecular formula is C18H17F3N2O. The molecule has 0 bridgehead atoms. The van der Waals surface area contributed by atoms with Gasteiger partial charge in [0.25, 0.3) is 5.91 Å². The standard InChI is InChI=1S/C18H17F3N2O/c1-11(22-2)12-8-14-15(16(9-12)18(19,20)21)10-23(17(14)24)13-6-4-3-5-7-13/h3-9,11,22H,10H2,1-2H3. The van der Waals surface area contributed by atoms with Crippen LogP contribution in [0.15, 0.2) is 42.5 Å². The average Bonchev–Trinajstić information content (AvgIpc) is 2.90. The lowest BCUT2D eigenvalue weighted by molar-refractivity contribution is -0.138. The van der Waals surface area contributed by atoms with Gasteiger partial charge in [-0.05, 0) is 49.4 Å². The summed E-state index contributed by atoms with van der Waals surface area (Å²) in [6.45, 7) is 1.69. The average molecular weight is 334 g/mol. The van der Waals surface area contributed by atoms with Crippen molar-refractivity contribution in [2.75, 3.05) is 11.9 Å². The number of nitrogens with zero attached hydrogens (tertiary/aromatic N) is 1. The molecule has 0 aliphatic carbocycles. The molecule has 1 atom stereocenters. The Hall–Kier alpha value is -2.34. The summed E-state index contributed by atoms with van der Waals surface area (Å²) >= 11 is 0. The van der Waals surface area contributed by atoms with Crippen molar-refractivity contribution in [3.05, 3.63) is 64.7 Å². The maximum Gasteiger partial charge on any atom is 0.416 e. The highest BCUT2D eigenvalue weighted by Crippen LogP contribution is 2.40. The minimum absolute atomic E-state index is 0.0448. The number of carbonyl (C=O) groups excluding carboxylic acids is 1. The number of anilines is 1. The van der Waals surface area contributed by atoms with Gasteiger partial charge in [0, 0.05) is 17.3 Å². The smallest absolute Gasteiger partial charge is 0.313 e. The Kier molecular flexibility index (Phi) is 4.09. The summed E-state index contributed by atoms with van der Waals surface area (Å²) in [7, 11) is 1.67. The van der Waals surface area contributed by atoms with Crippen LogP contribution < -0.4 is 10.2 Å². The second-order valence-corrected chi connectivity index (χ2v) is 5.83. The maximum atomic E-state index is 13.5. The van der Waals surface area contributed by atoms with Gasteiger partial charge >= 0.3 is 6.18 Å². The Morgan fingerprint density at radius 2 is 1.83 bits per heavy atom. The fourth-order valence-electron chi connectivity index (χ4n) is 2.92. The molecule has 2 aromatic carbocycles. The summed E-state index contributed by atoms with van der Waals surface area (Å²) in [5.41, 5.74) is 0.486. The number of nitrogens with one attached hydrogen (secondary N) is 1. The predicted octanol–water partition coefficient (Wildman–Crippen LogP) is 4.15. The third kappa shape index (κ3) is 2.78. The van der Waals surface area contributed by atoms with Gasteiger partial charge in [0.2, 0.25) is 0 Å². The van der Waals surface area contributed by atoms with E-state index in [4.69, 9.17) is 0 Å². The first-order valence-corrected chi connectivity index (χ1v) is 7.61. The zero-order valence-electron chi connectivity index (χ0n) is 13.3. The topological polar surface area (TPSA) is 32.3 Å². The molecular weight excluding hydrogens is 317 g/mol. The Labute approximate surface area is 138 Å². The van der Waals surface area contributed by atoms with E-state index < -0.39 is 17.6 Å². The largest absolute Gasteiger partial charge is 0.416 e. The molecule has 0 aromatic heterocycles. The molecule has 0 spiro atoms. The number of carbonyl (C=O) groups is 1. The molecule has 6 heteroatoms. The number of hydrogen-bond donors (Lipinski definition) is 1. The fourth-order valence-corrected chi connectivity index (χ4v) is 2.92. The third-order valence-corrected chi connectivity index (χ3v) is 4.37. The van der Waals surface area contributed by atoms with Gasteiger partial charge in [-0.25, -0.2) is 0 Å². The summed E-state index contributed by atoms with van der Waals surface area (Å²) in [4.78, 5) is 14.1. The van der Waals surface area contributed by atoms with E-state index in [0.717, 1.165) is 6.07 Å². The molecule has 0 saturated carbocycles. The van der Waals surface area contributed by atoms with Crippen molar-refractivity contribution in [3.63, 3.8) is 0 Å². The van der Waals surface area contributed by atoms with E-state index in [2.05, 4.69) is 5.32 Å². The van der Waals surface area contributed by atoms with Crippen LogP contribution in [-0.2, 0) is 12.7 Å². The minimum atomic E-state index is -4.50. The van der Waals surface area contributed by atoms with E-state index in [0.29, 0.717) is 11.3 Å². The fraction of sp³-hybridized carbons (Fsp3) is 0.278. The van der Waals surface area contributed by atoms with Crippen LogP contribution in [0.25, 0.3) is 0 Å². The molecule has 3 rings (SSSR count). The molecule has 1 unspecified atom stereocenters. The quantitative estimate of drug-likeness (QED) is 0.915. The molecule has 1 N–H and O–H groups in total. The van der Waals surface area contributed by atoms with Gasteiger partial charge in [-0.3, -0.25) is 4.79 Å². The molecule has 1 amide bonds. The molecule has 2 aromatic rings. The monoisotopic (exact) mass is 334 g/mol. The molecule has 1 aliphatic rings. The summed E-state index contributed by atoms with van der Waals surface area (Å²) in [6.07, 6.45) is -4.50. The first-order chi connectivity index (χ1) is 11.3.